The van der Waals surface area contributed by atoms with E-state index in [4.69, 9.17) is 9.26 Å². The fourth-order valence-electron chi connectivity index (χ4n) is 3.14. The summed E-state index contributed by atoms with van der Waals surface area (Å²) in [6.45, 7) is 5.61. The SMILES string of the molecule is COc1ccccc1-c1nnc(SC(C)C(=O)Nc2cc(C)on2)n1-c1ccc(C)cc1. The van der Waals surface area contributed by atoms with Gasteiger partial charge >= 0.3 is 0 Å². The number of rotatable bonds is 7. The number of ether oxygens (including phenoxy) is 1. The van der Waals surface area contributed by atoms with E-state index in [9.17, 15) is 4.79 Å². The average molecular weight is 450 g/mol. The summed E-state index contributed by atoms with van der Waals surface area (Å²) in [5, 5.41) is 15.6. The second-order valence-corrected chi connectivity index (χ2v) is 8.56. The number of hydrogen-bond donors (Lipinski definition) is 1. The first kappa shape index (κ1) is 21.6. The molecule has 0 aliphatic rings. The maximum atomic E-state index is 12.7. The summed E-state index contributed by atoms with van der Waals surface area (Å²) >= 11 is 1.31. The number of amides is 1. The number of nitrogens with zero attached hydrogens (tertiary/aromatic N) is 4. The van der Waals surface area contributed by atoms with Crippen LogP contribution < -0.4 is 10.1 Å². The normalized spacial score (nSPS) is 11.9. The molecule has 4 rings (SSSR count). The van der Waals surface area contributed by atoms with Gasteiger partial charge in [0, 0.05) is 11.8 Å². The molecule has 0 aliphatic carbocycles. The quantitative estimate of drug-likeness (QED) is 0.410. The molecule has 1 amide bonds. The third-order valence-electron chi connectivity index (χ3n) is 4.80. The first-order valence-electron chi connectivity index (χ1n) is 10.0. The summed E-state index contributed by atoms with van der Waals surface area (Å²) in [4.78, 5) is 12.7. The van der Waals surface area contributed by atoms with E-state index >= 15 is 0 Å². The van der Waals surface area contributed by atoms with Gasteiger partial charge in [0.2, 0.25) is 5.91 Å². The van der Waals surface area contributed by atoms with Gasteiger partial charge in [-0.15, -0.1) is 10.2 Å². The van der Waals surface area contributed by atoms with Gasteiger partial charge in [-0.1, -0.05) is 46.7 Å². The zero-order valence-electron chi connectivity index (χ0n) is 18.2. The fraction of sp³-hybridized carbons (Fsp3) is 0.217. The summed E-state index contributed by atoms with van der Waals surface area (Å²) in [5.74, 6) is 2.13. The van der Waals surface area contributed by atoms with Crippen molar-refractivity contribution in [3.63, 3.8) is 0 Å². The second kappa shape index (κ2) is 9.27. The van der Waals surface area contributed by atoms with Crippen molar-refractivity contribution in [2.75, 3.05) is 12.4 Å². The minimum Gasteiger partial charge on any atom is -0.496 e. The summed E-state index contributed by atoms with van der Waals surface area (Å²) in [5.41, 5.74) is 2.85. The van der Waals surface area contributed by atoms with E-state index < -0.39 is 5.25 Å². The van der Waals surface area contributed by atoms with Crippen molar-refractivity contribution in [2.24, 2.45) is 0 Å². The van der Waals surface area contributed by atoms with Crippen LogP contribution in [0.3, 0.4) is 0 Å². The molecule has 1 unspecified atom stereocenters. The Balaban J connectivity index is 1.69. The maximum Gasteiger partial charge on any atom is 0.238 e. The Hall–Kier alpha value is -3.59. The molecule has 0 bridgehead atoms. The van der Waals surface area contributed by atoms with Crippen LogP contribution in [-0.4, -0.2) is 38.2 Å². The van der Waals surface area contributed by atoms with E-state index in [0.29, 0.717) is 28.3 Å². The Morgan fingerprint density at radius 1 is 1.12 bits per heavy atom. The largest absolute Gasteiger partial charge is 0.496 e. The summed E-state index contributed by atoms with van der Waals surface area (Å²) in [6.07, 6.45) is 0. The predicted octanol–water partition coefficient (Wildman–Crippen LogP) is 4.67. The lowest BCUT2D eigenvalue weighted by atomic mass is 10.1. The first-order chi connectivity index (χ1) is 15.5. The number of thioether (sulfide) groups is 1. The van der Waals surface area contributed by atoms with Gasteiger partial charge < -0.3 is 14.6 Å². The Bertz CT molecular complexity index is 1230. The van der Waals surface area contributed by atoms with Gasteiger partial charge in [0.15, 0.2) is 16.8 Å². The van der Waals surface area contributed by atoms with E-state index in [1.54, 1.807) is 20.1 Å². The number of carbonyl (C=O) groups excluding carboxylic acids is 1. The van der Waals surface area contributed by atoms with Crippen LogP contribution in [0.15, 0.2) is 64.3 Å². The highest BCUT2D eigenvalue weighted by Crippen LogP contribution is 2.34. The summed E-state index contributed by atoms with van der Waals surface area (Å²) in [6, 6.07) is 17.4. The van der Waals surface area contributed by atoms with Crippen LogP contribution in [-0.2, 0) is 4.79 Å². The van der Waals surface area contributed by atoms with Gasteiger partial charge in [0.1, 0.15) is 11.5 Å². The molecule has 0 spiro atoms. The third-order valence-corrected chi connectivity index (χ3v) is 5.85. The van der Waals surface area contributed by atoms with Crippen molar-refractivity contribution in [1.82, 2.24) is 19.9 Å². The van der Waals surface area contributed by atoms with Crippen molar-refractivity contribution in [3.05, 3.63) is 65.9 Å². The van der Waals surface area contributed by atoms with Crippen molar-refractivity contribution >= 4 is 23.5 Å². The van der Waals surface area contributed by atoms with Crippen molar-refractivity contribution in [2.45, 2.75) is 31.2 Å². The van der Waals surface area contributed by atoms with Gasteiger partial charge in [-0.25, -0.2) is 0 Å². The Morgan fingerprint density at radius 2 is 1.88 bits per heavy atom. The second-order valence-electron chi connectivity index (χ2n) is 7.25. The van der Waals surface area contributed by atoms with Crippen molar-refractivity contribution < 1.29 is 14.1 Å². The molecule has 8 nitrogen and oxygen atoms in total. The van der Waals surface area contributed by atoms with Crippen LogP contribution in [0, 0.1) is 13.8 Å². The van der Waals surface area contributed by atoms with E-state index in [0.717, 1.165) is 16.8 Å². The number of nitrogens with one attached hydrogen (secondary N) is 1. The van der Waals surface area contributed by atoms with E-state index in [-0.39, 0.29) is 5.91 Å². The van der Waals surface area contributed by atoms with Gasteiger partial charge in [-0.2, -0.15) is 0 Å². The molecule has 1 atom stereocenters. The van der Waals surface area contributed by atoms with E-state index in [2.05, 4.69) is 20.7 Å². The van der Waals surface area contributed by atoms with Crippen LogP contribution in [0.25, 0.3) is 17.1 Å². The molecular formula is C23H23N5O3S. The molecule has 0 radical (unpaired) electrons. The average Bonchev–Trinajstić information content (AvgIpc) is 3.40. The standard InChI is InChI=1S/C23H23N5O3S/c1-14-9-11-17(12-10-14)28-21(18-7-5-6-8-19(18)30-4)25-26-23(28)32-16(3)22(29)24-20-13-15(2)31-27-20/h5-13,16H,1-4H3,(H,24,27,29). The van der Waals surface area contributed by atoms with Gasteiger partial charge in [0.25, 0.3) is 0 Å². The summed E-state index contributed by atoms with van der Waals surface area (Å²) < 4.78 is 12.5. The molecule has 2 aromatic carbocycles. The zero-order valence-corrected chi connectivity index (χ0v) is 19.0. The highest BCUT2D eigenvalue weighted by Gasteiger charge is 2.23. The van der Waals surface area contributed by atoms with Gasteiger partial charge in [0.05, 0.1) is 17.9 Å². The predicted molar refractivity (Wildman–Crippen MR) is 123 cm³/mol. The van der Waals surface area contributed by atoms with Crippen LogP contribution >= 0.6 is 11.8 Å². The third kappa shape index (κ3) is 4.52. The molecule has 1 N–H and O–H groups in total. The molecule has 2 heterocycles. The molecule has 9 heteroatoms. The number of benzene rings is 2. The minimum atomic E-state index is -0.453. The van der Waals surface area contributed by atoms with Crippen LogP contribution in [0.2, 0.25) is 0 Å². The number of methoxy groups -OCH3 is 1. The fourth-order valence-corrected chi connectivity index (χ4v) is 4.01. The molecule has 32 heavy (non-hydrogen) atoms. The molecule has 164 valence electrons. The van der Waals surface area contributed by atoms with Crippen LogP contribution in [0.5, 0.6) is 5.75 Å². The lowest BCUT2D eigenvalue weighted by Crippen LogP contribution is -2.23. The van der Waals surface area contributed by atoms with E-state index in [1.165, 1.54) is 11.8 Å². The maximum absolute atomic E-state index is 12.7. The smallest absolute Gasteiger partial charge is 0.238 e. The lowest BCUT2D eigenvalue weighted by Gasteiger charge is -2.14. The molecule has 2 aromatic heterocycles. The summed E-state index contributed by atoms with van der Waals surface area (Å²) in [7, 11) is 1.62. The van der Waals surface area contributed by atoms with Crippen molar-refractivity contribution in [3.8, 4) is 22.8 Å². The number of carbonyl (C=O) groups is 1. The van der Waals surface area contributed by atoms with E-state index in [1.807, 2.05) is 66.9 Å². The number of anilines is 1. The highest BCUT2D eigenvalue weighted by molar-refractivity contribution is 8.00. The molecule has 0 fully saturated rings. The monoisotopic (exact) mass is 449 g/mol. The molecule has 0 saturated heterocycles. The topological polar surface area (TPSA) is 95.1 Å². The van der Waals surface area contributed by atoms with Gasteiger partial charge in [-0.05, 0) is 45.0 Å². The molecule has 4 aromatic rings. The molecule has 0 saturated carbocycles. The lowest BCUT2D eigenvalue weighted by molar-refractivity contribution is -0.115. The van der Waals surface area contributed by atoms with Crippen LogP contribution in [0.4, 0.5) is 5.82 Å². The number of aryl methyl sites for hydroxylation is 2. The number of para-hydroxylation sites is 1. The number of hydrogen-bond acceptors (Lipinski definition) is 7. The highest BCUT2D eigenvalue weighted by atomic mass is 32.2. The zero-order chi connectivity index (χ0) is 22.7. The number of aromatic nitrogens is 4. The minimum absolute atomic E-state index is 0.208. The van der Waals surface area contributed by atoms with Crippen LogP contribution in [0.1, 0.15) is 18.2 Å². The Morgan fingerprint density at radius 3 is 2.56 bits per heavy atom. The van der Waals surface area contributed by atoms with Gasteiger partial charge in [-0.3, -0.25) is 9.36 Å². The Labute approximate surface area is 190 Å². The molecular weight excluding hydrogens is 426 g/mol. The molecule has 0 aliphatic heterocycles. The Kier molecular flexibility index (Phi) is 6.27. The van der Waals surface area contributed by atoms with Crippen molar-refractivity contribution in [1.29, 1.82) is 0 Å². The first-order valence-corrected chi connectivity index (χ1v) is 10.9.